The summed E-state index contributed by atoms with van der Waals surface area (Å²) in [6.07, 6.45) is 1.70. The summed E-state index contributed by atoms with van der Waals surface area (Å²) in [5.41, 5.74) is 0.822. The average Bonchev–Trinajstić information content (AvgIpc) is 2.55. The number of piperidine rings is 1. The molecule has 1 fully saturated rings. The van der Waals surface area contributed by atoms with Crippen molar-refractivity contribution < 1.29 is 14.3 Å². The number of nitrogens with one attached hydrogen (secondary N) is 1. The van der Waals surface area contributed by atoms with Crippen molar-refractivity contribution in [2.24, 2.45) is 5.92 Å². The van der Waals surface area contributed by atoms with Crippen molar-refractivity contribution in [3.8, 4) is 0 Å². The quantitative estimate of drug-likeness (QED) is 0.760. The van der Waals surface area contributed by atoms with E-state index < -0.39 is 0 Å². The van der Waals surface area contributed by atoms with Crippen LogP contribution < -0.4 is 5.32 Å². The molecule has 5 nitrogen and oxygen atoms in total. The van der Waals surface area contributed by atoms with Crippen LogP contribution in [0.3, 0.4) is 0 Å². The minimum absolute atomic E-state index is 0.0944. The van der Waals surface area contributed by atoms with Gasteiger partial charge in [-0.25, -0.2) is 0 Å². The number of benzene rings is 1. The predicted octanol–water partition coefficient (Wildman–Crippen LogP) is 3.45. The van der Waals surface area contributed by atoms with Crippen LogP contribution >= 0.6 is 23.2 Å². The van der Waals surface area contributed by atoms with Gasteiger partial charge in [0, 0.05) is 16.6 Å². The summed E-state index contributed by atoms with van der Waals surface area (Å²) in [4.78, 5) is 26.2. The van der Waals surface area contributed by atoms with Crippen LogP contribution in [0.5, 0.6) is 0 Å². The number of hydrogen-bond acceptors (Lipinski definition) is 4. The maximum atomic E-state index is 12.3. The van der Waals surface area contributed by atoms with Gasteiger partial charge in [0.05, 0.1) is 25.1 Å². The fourth-order valence-electron chi connectivity index (χ4n) is 3.07. The molecule has 0 spiro atoms. The van der Waals surface area contributed by atoms with Crippen molar-refractivity contribution in [3.05, 3.63) is 33.8 Å². The number of carbonyl (C=O) groups excluding carboxylic acids is 2. The first-order valence-electron chi connectivity index (χ1n) is 8.54. The Morgan fingerprint density at radius 1 is 1.40 bits per heavy atom. The van der Waals surface area contributed by atoms with Gasteiger partial charge in [0.15, 0.2) is 0 Å². The Morgan fingerprint density at radius 3 is 2.84 bits per heavy atom. The van der Waals surface area contributed by atoms with Gasteiger partial charge in [0.1, 0.15) is 0 Å². The number of nitrogens with zero attached hydrogens (tertiary/aromatic N) is 1. The molecular formula is C18H24Cl2N2O3. The molecule has 0 aliphatic carbocycles. The lowest BCUT2D eigenvalue weighted by molar-refractivity contribution is -0.150. The Hall–Kier alpha value is -1.30. The van der Waals surface area contributed by atoms with E-state index in [1.54, 1.807) is 19.1 Å². The Balaban J connectivity index is 1.87. The van der Waals surface area contributed by atoms with E-state index in [0.29, 0.717) is 23.2 Å². The van der Waals surface area contributed by atoms with Gasteiger partial charge in [-0.2, -0.15) is 0 Å². The number of ether oxygens (including phenoxy) is 1. The van der Waals surface area contributed by atoms with Gasteiger partial charge in [-0.15, -0.1) is 0 Å². The number of hydrogen-bond donors (Lipinski definition) is 1. The summed E-state index contributed by atoms with van der Waals surface area (Å²) in [5, 5.41) is 4.04. The molecule has 25 heavy (non-hydrogen) atoms. The van der Waals surface area contributed by atoms with Crippen LogP contribution in [0.15, 0.2) is 18.2 Å². The topological polar surface area (TPSA) is 58.6 Å². The smallest absolute Gasteiger partial charge is 0.310 e. The Labute approximate surface area is 158 Å². The normalized spacial score (nSPS) is 19.3. The van der Waals surface area contributed by atoms with Crippen LogP contribution in [-0.4, -0.2) is 43.0 Å². The molecule has 1 aromatic carbocycles. The lowest BCUT2D eigenvalue weighted by Crippen LogP contribution is -2.45. The first-order chi connectivity index (χ1) is 11.9. The van der Waals surface area contributed by atoms with Crippen molar-refractivity contribution in [3.63, 3.8) is 0 Å². The molecule has 1 amide bonds. The maximum Gasteiger partial charge on any atom is 0.310 e. The van der Waals surface area contributed by atoms with E-state index >= 15 is 0 Å². The molecule has 2 atom stereocenters. The molecule has 1 saturated heterocycles. The Kier molecular flexibility index (Phi) is 7.54. The SMILES string of the molecule is CCOC(=O)[C@H]1CCCN(CC(=O)N[C@@H](C)c2ccc(Cl)cc2Cl)C1. The average molecular weight is 387 g/mol. The molecule has 1 heterocycles. The summed E-state index contributed by atoms with van der Waals surface area (Å²) in [7, 11) is 0. The van der Waals surface area contributed by atoms with Crippen molar-refractivity contribution in [2.75, 3.05) is 26.2 Å². The minimum Gasteiger partial charge on any atom is -0.466 e. The van der Waals surface area contributed by atoms with Crippen LogP contribution in [0.25, 0.3) is 0 Å². The van der Waals surface area contributed by atoms with Crippen LogP contribution in [0, 0.1) is 5.92 Å². The van der Waals surface area contributed by atoms with Gasteiger partial charge in [0.25, 0.3) is 0 Å². The lowest BCUT2D eigenvalue weighted by atomic mass is 9.98. The summed E-state index contributed by atoms with van der Waals surface area (Å²) in [5.74, 6) is -0.415. The number of amides is 1. The third kappa shape index (κ3) is 5.87. The summed E-state index contributed by atoms with van der Waals surface area (Å²) >= 11 is 12.1. The Morgan fingerprint density at radius 2 is 2.16 bits per heavy atom. The van der Waals surface area contributed by atoms with Gasteiger partial charge in [-0.3, -0.25) is 14.5 Å². The zero-order valence-electron chi connectivity index (χ0n) is 14.6. The van der Waals surface area contributed by atoms with Crippen LogP contribution in [0.4, 0.5) is 0 Å². The number of esters is 1. The molecule has 0 unspecified atom stereocenters. The number of carbonyl (C=O) groups is 2. The largest absolute Gasteiger partial charge is 0.466 e. The van der Waals surface area contributed by atoms with E-state index in [4.69, 9.17) is 27.9 Å². The van der Waals surface area contributed by atoms with E-state index in [-0.39, 0.29) is 30.4 Å². The molecule has 1 N–H and O–H groups in total. The minimum atomic E-state index is -0.220. The molecule has 7 heteroatoms. The zero-order valence-corrected chi connectivity index (χ0v) is 16.1. The third-order valence-corrected chi connectivity index (χ3v) is 4.86. The highest BCUT2D eigenvalue weighted by Crippen LogP contribution is 2.26. The van der Waals surface area contributed by atoms with Crippen LogP contribution in [0.2, 0.25) is 10.0 Å². The molecule has 0 aromatic heterocycles. The van der Waals surface area contributed by atoms with Gasteiger partial charge < -0.3 is 10.1 Å². The van der Waals surface area contributed by atoms with Crippen molar-refractivity contribution in [1.82, 2.24) is 10.2 Å². The monoisotopic (exact) mass is 386 g/mol. The highest BCUT2D eigenvalue weighted by atomic mass is 35.5. The molecule has 1 aliphatic rings. The van der Waals surface area contributed by atoms with E-state index in [9.17, 15) is 9.59 Å². The van der Waals surface area contributed by atoms with Gasteiger partial charge in [-0.1, -0.05) is 29.3 Å². The molecule has 2 rings (SSSR count). The highest BCUT2D eigenvalue weighted by molar-refractivity contribution is 6.35. The number of halogens is 2. The summed E-state index contributed by atoms with van der Waals surface area (Å²) in [6, 6.07) is 5.01. The molecule has 138 valence electrons. The third-order valence-electron chi connectivity index (χ3n) is 4.30. The van der Waals surface area contributed by atoms with Gasteiger partial charge >= 0.3 is 5.97 Å². The van der Waals surface area contributed by atoms with Crippen molar-refractivity contribution >= 4 is 35.1 Å². The summed E-state index contributed by atoms with van der Waals surface area (Å²) < 4.78 is 5.09. The first kappa shape index (κ1) is 20.0. The fourth-order valence-corrected chi connectivity index (χ4v) is 3.64. The van der Waals surface area contributed by atoms with Crippen molar-refractivity contribution in [2.45, 2.75) is 32.7 Å². The second-order valence-corrected chi connectivity index (χ2v) is 7.12. The fraction of sp³-hybridized carbons (Fsp3) is 0.556. The van der Waals surface area contributed by atoms with E-state index in [1.165, 1.54) is 0 Å². The molecule has 1 aromatic rings. The van der Waals surface area contributed by atoms with Crippen LogP contribution in [-0.2, 0) is 14.3 Å². The second kappa shape index (κ2) is 9.41. The van der Waals surface area contributed by atoms with E-state index in [0.717, 1.165) is 24.9 Å². The maximum absolute atomic E-state index is 12.3. The van der Waals surface area contributed by atoms with Gasteiger partial charge in [-0.05, 0) is 50.9 Å². The van der Waals surface area contributed by atoms with Crippen LogP contribution in [0.1, 0.15) is 38.3 Å². The second-order valence-electron chi connectivity index (χ2n) is 6.28. The van der Waals surface area contributed by atoms with E-state index in [1.807, 2.05) is 17.9 Å². The summed E-state index contributed by atoms with van der Waals surface area (Å²) in [6.45, 7) is 5.68. The highest BCUT2D eigenvalue weighted by Gasteiger charge is 2.28. The predicted molar refractivity (Wildman–Crippen MR) is 98.8 cm³/mol. The van der Waals surface area contributed by atoms with Crippen molar-refractivity contribution in [1.29, 1.82) is 0 Å². The molecular weight excluding hydrogens is 363 g/mol. The standard InChI is InChI=1S/C18H24Cl2N2O3/c1-3-25-18(24)13-5-4-8-22(10-13)11-17(23)21-12(2)15-7-6-14(19)9-16(15)20/h6-7,9,12-13H,3-5,8,10-11H2,1-2H3,(H,21,23)/t12-,13-/m0/s1. The first-order valence-corrected chi connectivity index (χ1v) is 9.29. The lowest BCUT2D eigenvalue weighted by Gasteiger charge is -2.31. The zero-order chi connectivity index (χ0) is 18.4. The van der Waals surface area contributed by atoms with Gasteiger partial charge in [0.2, 0.25) is 5.91 Å². The number of likely N-dealkylation sites (tertiary alicyclic amines) is 1. The Bertz CT molecular complexity index is 624. The molecule has 1 aliphatic heterocycles. The molecule has 0 radical (unpaired) electrons. The number of rotatable bonds is 6. The molecule has 0 bridgehead atoms. The van der Waals surface area contributed by atoms with E-state index in [2.05, 4.69) is 5.32 Å². The molecule has 0 saturated carbocycles.